The zero-order chi connectivity index (χ0) is 19.2. The zero-order valence-corrected chi connectivity index (χ0v) is 16.2. The van der Waals surface area contributed by atoms with Crippen molar-refractivity contribution in [2.75, 3.05) is 57.3 Å². The number of nitrogens with zero attached hydrogens (tertiary/aromatic N) is 4. The van der Waals surface area contributed by atoms with Gasteiger partial charge in [0.15, 0.2) is 5.96 Å². The molecule has 2 fully saturated rings. The van der Waals surface area contributed by atoms with Crippen LogP contribution in [0.1, 0.15) is 6.92 Å². The molecule has 1 aromatic rings. The van der Waals surface area contributed by atoms with Gasteiger partial charge >= 0.3 is 6.03 Å². The number of hydrogen-bond donors (Lipinski definition) is 2. The molecule has 146 valence electrons. The molecular formula is C18H25ClN6O2. The quantitative estimate of drug-likeness (QED) is 0.443. The number of para-hydroxylation sites is 1. The number of benzene rings is 1. The Labute approximate surface area is 164 Å². The van der Waals surface area contributed by atoms with E-state index < -0.39 is 0 Å². The summed E-state index contributed by atoms with van der Waals surface area (Å²) in [6, 6.07) is 7.53. The highest BCUT2D eigenvalue weighted by Gasteiger charge is 2.28. The monoisotopic (exact) mass is 392 g/mol. The highest BCUT2D eigenvalue weighted by atomic mass is 35.5. The summed E-state index contributed by atoms with van der Waals surface area (Å²) in [4.78, 5) is 33.5. The first-order valence-corrected chi connectivity index (χ1v) is 9.59. The van der Waals surface area contributed by atoms with E-state index in [4.69, 9.17) is 11.6 Å². The van der Waals surface area contributed by atoms with Crippen molar-refractivity contribution in [3.8, 4) is 0 Å². The Kier molecular flexibility index (Phi) is 6.39. The maximum atomic E-state index is 11.6. The summed E-state index contributed by atoms with van der Waals surface area (Å²) in [5.41, 5.74) is 1.05. The Hall–Kier alpha value is -2.48. The fourth-order valence-corrected chi connectivity index (χ4v) is 3.49. The van der Waals surface area contributed by atoms with E-state index in [0.717, 1.165) is 49.4 Å². The minimum absolute atomic E-state index is 0.0760. The van der Waals surface area contributed by atoms with Gasteiger partial charge in [-0.25, -0.2) is 4.79 Å². The van der Waals surface area contributed by atoms with Crippen LogP contribution in [0.15, 0.2) is 29.3 Å². The second-order valence-corrected chi connectivity index (χ2v) is 6.77. The summed E-state index contributed by atoms with van der Waals surface area (Å²) in [6.45, 7) is 6.86. The summed E-state index contributed by atoms with van der Waals surface area (Å²) in [7, 11) is 0. The highest BCUT2D eigenvalue weighted by Crippen LogP contribution is 2.25. The number of piperazine rings is 1. The van der Waals surface area contributed by atoms with Crippen molar-refractivity contribution in [3.05, 3.63) is 29.3 Å². The van der Waals surface area contributed by atoms with Gasteiger partial charge in [-0.15, -0.1) is 0 Å². The summed E-state index contributed by atoms with van der Waals surface area (Å²) < 4.78 is 0. The third-order valence-corrected chi connectivity index (χ3v) is 4.95. The van der Waals surface area contributed by atoms with Crippen LogP contribution in [0.2, 0.25) is 5.02 Å². The molecule has 8 nitrogen and oxygen atoms in total. The molecule has 3 rings (SSSR count). The second kappa shape index (κ2) is 8.94. The number of imide groups is 1. The van der Waals surface area contributed by atoms with E-state index in [-0.39, 0.29) is 18.5 Å². The van der Waals surface area contributed by atoms with Crippen molar-refractivity contribution in [2.45, 2.75) is 6.92 Å². The summed E-state index contributed by atoms with van der Waals surface area (Å²) in [6.07, 6.45) is 0. The molecule has 0 radical (unpaired) electrons. The molecule has 0 spiro atoms. The van der Waals surface area contributed by atoms with E-state index in [1.165, 1.54) is 4.90 Å². The molecule has 2 N–H and O–H groups in total. The predicted molar refractivity (Wildman–Crippen MR) is 106 cm³/mol. The van der Waals surface area contributed by atoms with Gasteiger partial charge < -0.3 is 20.4 Å². The molecule has 0 bridgehead atoms. The standard InChI is InChI=1S/C18H25ClN6O2/c1-2-20-17(21-7-8-25-16(26)13-22-18(25)27)24-11-9-23(10-12-24)15-6-4-3-5-14(15)19/h3-6H,2,7-13H2,1H3,(H,20,21)(H,22,27). The molecule has 1 aromatic carbocycles. The highest BCUT2D eigenvalue weighted by molar-refractivity contribution is 6.33. The molecule has 2 saturated heterocycles. The number of rotatable bonds is 5. The largest absolute Gasteiger partial charge is 0.367 e. The van der Waals surface area contributed by atoms with Gasteiger partial charge in [0.2, 0.25) is 5.91 Å². The van der Waals surface area contributed by atoms with E-state index in [1.54, 1.807) is 0 Å². The third kappa shape index (κ3) is 4.63. The summed E-state index contributed by atoms with van der Waals surface area (Å²) in [5, 5.41) is 6.58. The SMILES string of the molecule is CCNC(=NCCN1C(=O)CNC1=O)N1CCN(c2ccccc2Cl)CC1. The van der Waals surface area contributed by atoms with Crippen LogP contribution in [0.3, 0.4) is 0 Å². The van der Waals surface area contributed by atoms with Crippen molar-refractivity contribution in [2.24, 2.45) is 4.99 Å². The maximum Gasteiger partial charge on any atom is 0.324 e. The number of carbonyl (C=O) groups is 2. The number of hydrogen-bond acceptors (Lipinski definition) is 4. The van der Waals surface area contributed by atoms with Crippen LogP contribution in [0.25, 0.3) is 0 Å². The minimum Gasteiger partial charge on any atom is -0.367 e. The van der Waals surface area contributed by atoms with Crippen molar-refractivity contribution in [3.63, 3.8) is 0 Å². The summed E-state index contributed by atoms with van der Waals surface area (Å²) >= 11 is 6.30. The first-order valence-electron chi connectivity index (χ1n) is 9.21. The van der Waals surface area contributed by atoms with Crippen LogP contribution < -0.4 is 15.5 Å². The zero-order valence-electron chi connectivity index (χ0n) is 15.4. The number of nitrogens with one attached hydrogen (secondary N) is 2. The van der Waals surface area contributed by atoms with Gasteiger partial charge in [-0.05, 0) is 19.1 Å². The van der Waals surface area contributed by atoms with Gasteiger partial charge in [-0.3, -0.25) is 14.7 Å². The Morgan fingerprint density at radius 1 is 1.22 bits per heavy atom. The van der Waals surface area contributed by atoms with Gasteiger partial charge in [0.25, 0.3) is 0 Å². The Balaban J connectivity index is 1.57. The predicted octanol–water partition coefficient (Wildman–Crippen LogP) is 0.979. The Morgan fingerprint density at radius 3 is 2.59 bits per heavy atom. The molecular weight excluding hydrogens is 368 g/mol. The van der Waals surface area contributed by atoms with Gasteiger partial charge in [0.1, 0.15) is 0 Å². The minimum atomic E-state index is -0.339. The van der Waals surface area contributed by atoms with Crippen LogP contribution in [0.4, 0.5) is 10.5 Å². The molecule has 27 heavy (non-hydrogen) atoms. The number of halogens is 1. The van der Waals surface area contributed by atoms with Gasteiger partial charge in [-0.1, -0.05) is 23.7 Å². The van der Waals surface area contributed by atoms with E-state index in [9.17, 15) is 9.59 Å². The molecule has 0 unspecified atom stereocenters. The number of urea groups is 1. The molecule has 0 aromatic heterocycles. The average Bonchev–Trinajstić information content (AvgIpc) is 3.00. The van der Waals surface area contributed by atoms with Crippen LogP contribution in [-0.4, -0.2) is 80.1 Å². The van der Waals surface area contributed by atoms with Crippen LogP contribution in [-0.2, 0) is 4.79 Å². The van der Waals surface area contributed by atoms with Crippen LogP contribution in [0, 0.1) is 0 Å². The van der Waals surface area contributed by atoms with E-state index >= 15 is 0 Å². The molecule has 9 heteroatoms. The van der Waals surface area contributed by atoms with Crippen LogP contribution in [0.5, 0.6) is 0 Å². The lowest BCUT2D eigenvalue weighted by molar-refractivity contribution is -0.124. The first-order chi connectivity index (χ1) is 13.1. The van der Waals surface area contributed by atoms with Gasteiger partial charge in [0, 0.05) is 32.7 Å². The Morgan fingerprint density at radius 2 is 1.96 bits per heavy atom. The van der Waals surface area contributed by atoms with Crippen molar-refractivity contribution >= 4 is 35.2 Å². The molecule has 0 aliphatic carbocycles. The molecule has 2 heterocycles. The van der Waals surface area contributed by atoms with Crippen molar-refractivity contribution in [1.29, 1.82) is 0 Å². The lowest BCUT2D eigenvalue weighted by Crippen LogP contribution is -2.52. The van der Waals surface area contributed by atoms with Gasteiger partial charge in [0.05, 0.1) is 30.3 Å². The smallest absolute Gasteiger partial charge is 0.324 e. The molecule has 2 aliphatic heterocycles. The van der Waals surface area contributed by atoms with Crippen molar-refractivity contribution < 1.29 is 9.59 Å². The number of guanidine groups is 1. The maximum absolute atomic E-state index is 11.6. The van der Waals surface area contributed by atoms with E-state index in [1.807, 2.05) is 31.2 Å². The number of carbonyl (C=O) groups excluding carboxylic acids is 2. The molecule has 3 amide bonds. The van der Waals surface area contributed by atoms with Gasteiger partial charge in [-0.2, -0.15) is 0 Å². The average molecular weight is 393 g/mol. The number of anilines is 1. The summed E-state index contributed by atoms with van der Waals surface area (Å²) in [5.74, 6) is 0.608. The number of aliphatic imine (C=N–C) groups is 1. The fraction of sp³-hybridized carbons (Fsp3) is 0.500. The topological polar surface area (TPSA) is 80.3 Å². The molecule has 0 saturated carbocycles. The second-order valence-electron chi connectivity index (χ2n) is 6.37. The van der Waals surface area contributed by atoms with Crippen LogP contribution >= 0.6 is 11.6 Å². The Bertz CT molecular complexity index is 702. The third-order valence-electron chi connectivity index (χ3n) is 4.63. The first kappa shape index (κ1) is 19.3. The lowest BCUT2D eigenvalue weighted by atomic mass is 10.2. The molecule has 0 atom stereocenters. The van der Waals surface area contributed by atoms with Crippen molar-refractivity contribution in [1.82, 2.24) is 20.4 Å². The van der Waals surface area contributed by atoms with E-state index in [0.29, 0.717) is 13.1 Å². The molecule has 2 aliphatic rings. The fourth-order valence-electron chi connectivity index (χ4n) is 3.23. The lowest BCUT2D eigenvalue weighted by Gasteiger charge is -2.38. The number of amides is 3. The van der Waals surface area contributed by atoms with E-state index in [2.05, 4.69) is 25.4 Å². The normalized spacial score (nSPS) is 18.1.